The van der Waals surface area contributed by atoms with Crippen LogP contribution in [0.25, 0.3) is 0 Å². The highest BCUT2D eigenvalue weighted by molar-refractivity contribution is 5.32. The lowest BCUT2D eigenvalue weighted by Crippen LogP contribution is -2.44. The van der Waals surface area contributed by atoms with E-state index < -0.39 is 0 Å². The van der Waals surface area contributed by atoms with Crippen LogP contribution in [0.2, 0.25) is 0 Å². The minimum Gasteiger partial charge on any atom is -0.492 e. The van der Waals surface area contributed by atoms with Gasteiger partial charge in [0.2, 0.25) is 0 Å². The Bertz CT molecular complexity index is 416. The summed E-state index contributed by atoms with van der Waals surface area (Å²) in [6.07, 6.45) is 2.54. The molecule has 1 aromatic carbocycles. The number of nitrogens with two attached hydrogens (primary N) is 1. The zero-order valence-corrected chi connectivity index (χ0v) is 13.4. The van der Waals surface area contributed by atoms with E-state index in [9.17, 15) is 0 Å². The number of benzene rings is 1. The largest absolute Gasteiger partial charge is 0.492 e. The molecule has 1 heterocycles. The summed E-state index contributed by atoms with van der Waals surface area (Å²) >= 11 is 0. The molecule has 118 valence electrons. The normalized spacial score (nSPS) is 17.3. The Balaban J connectivity index is 1.73. The maximum Gasteiger partial charge on any atom is 0.123 e. The first-order valence-electron chi connectivity index (χ1n) is 8.08. The molecule has 2 rings (SSSR count). The van der Waals surface area contributed by atoms with E-state index in [1.165, 1.54) is 32.5 Å². The molecule has 0 unspecified atom stereocenters. The third-order valence-corrected chi connectivity index (χ3v) is 4.52. The van der Waals surface area contributed by atoms with Gasteiger partial charge in [0, 0.05) is 24.7 Å². The molecule has 4 heteroatoms. The molecule has 0 bridgehead atoms. The lowest BCUT2D eigenvalue weighted by Gasteiger charge is -2.36. The Hall–Kier alpha value is -1.10. The Morgan fingerprint density at radius 3 is 2.67 bits per heavy atom. The van der Waals surface area contributed by atoms with Gasteiger partial charge in [-0.1, -0.05) is 25.1 Å². The third kappa shape index (κ3) is 4.70. The Labute approximate surface area is 128 Å². The van der Waals surface area contributed by atoms with E-state index in [1.54, 1.807) is 0 Å². The number of para-hydroxylation sites is 1. The van der Waals surface area contributed by atoms with Gasteiger partial charge >= 0.3 is 0 Å². The van der Waals surface area contributed by atoms with E-state index in [0.29, 0.717) is 12.6 Å². The molecule has 0 atom stereocenters. The molecule has 0 spiro atoms. The molecular weight excluding hydrogens is 262 g/mol. The molecule has 0 amide bonds. The van der Waals surface area contributed by atoms with Crippen molar-refractivity contribution in [2.75, 3.05) is 39.8 Å². The first-order valence-corrected chi connectivity index (χ1v) is 8.08. The van der Waals surface area contributed by atoms with Gasteiger partial charge in [0.05, 0.1) is 0 Å². The molecule has 4 nitrogen and oxygen atoms in total. The predicted octanol–water partition coefficient (Wildman–Crippen LogP) is 1.94. The van der Waals surface area contributed by atoms with Gasteiger partial charge in [0.15, 0.2) is 0 Å². The van der Waals surface area contributed by atoms with E-state index in [1.807, 2.05) is 24.3 Å². The molecule has 1 aromatic rings. The predicted molar refractivity (Wildman–Crippen MR) is 87.6 cm³/mol. The summed E-state index contributed by atoms with van der Waals surface area (Å²) in [6, 6.07) is 8.73. The molecule has 0 aliphatic carbocycles. The monoisotopic (exact) mass is 291 g/mol. The van der Waals surface area contributed by atoms with Crippen LogP contribution in [0, 0.1) is 0 Å². The highest BCUT2D eigenvalue weighted by Crippen LogP contribution is 2.18. The molecule has 1 aliphatic rings. The van der Waals surface area contributed by atoms with E-state index >= 15 is 0 Å². The second-order valence-electron chi connectivity index (χ2n) is 5.81. The van der Waals surface area contributed by atoms with E-state index in [4.69, 9.17) is 10.5 Å². The van der Waals surface area contributed by atoms with Gasteiger partial charge in [-0.3, -0.25) is 4.90 Å². The topological polar surface area (TPSA) is 41.7 Å². The zero-order chi connectivity index (χ0) is 15.1. The highest BCUT2D eigenvalue weighted by Gasteiger charge is 2.21. The van der Waals surface area contributed by atoms with Crippen LogP contribution >= 0.6 is 0 Å². The first-order chi connectivity index (χ1) is 10.2. The van der Waals surface area contributed by atoms with Crippen LogP contribution in [0.4, 0.5) is 0 Å². The maximum absolute atomic E-state index is 5.90. The molecule has 2 N–H and O–H groups in total. The average molecular weight is 291 g/mol. The van der Waals surface area contributed by atoms with Crippen LogP contribution in [0.3, 0.4) is 0 Å². The minimum atomic E-state index is 0.529. The van der Waals surface area contributed by atoms with Gasteiger partial charge in [-0.05, 0) is 45.6 Å². The molecule has 0 radical (unpaired) electrons. The number of piperidine rings is 1. The number of rotatable bonds is 7. The lowest BCUT2D eigenvalue weighted by atomic mass is 10.0. The maximum atomic E-state index is 5.90. The fourth-order valence-corrected chi connectivity index (χ4v) is 2.97. The second kappa shape index (κ2) is 8.37. The van der Waals surface area contributed by atoms with E-state index in [0.717, 1.165) is 24.5 Å². The number of likely N-dealkylation sites (N-methyl/N-ethyl adjacent to an activating group) is 1. The van der Waals surface area contributed by atoms with Crippen molar-refractivity contribution < 1.29 is 4.74 Å². The third-order valence-electron chi connectivity index (χ3n) is 4.52. The van der Waals surface area contributed by atoms with Crippen molar-refractivity contribution in [3.8, 4) is 5.75 Å². The van der Waals surface area contributed by atoms with Crippen molar-refractivity contribution >= 4 is 0 Å². The summed E-state index contributed by atoms with van der Waals surface area (Å²) in [7, 11) is 2.21. The van der Waals surface area contributed by atoms with Crippen molar-refractivity contribution in [3.63, 3.8) is 0 Å². The average Bonchev–Trinajstić information content (AvgIpc) is 2.55. The summed E-state index contributed by atoms with van der Waals surface area (Å²) in [4.78, 5) is 4.97. The van der Waals surface area contributed by atoms with Crippen LogP contribution in [0.5, 0.6) is 5.75 Å². The van der Waals surface area contributed by atoms with Crippen molar-refractivity contribution in [3.05, 3.63) is 29.8 Å². The Kier molecular flexibility index (Phi) is 6.49. The molecular formula is C17H29N3O. The quantitative estimate of drug-likeness (QED) is 0.833. The molecule has 21 heavy (non-hydrogen) atoms. The summed E-state index contributed by atoms with van der Waals surface area (Å²) in [5, 5.41) is 0. The molecule has 0 aromatic heterocycles. The summed E-state index contributed by atoms with van der Waals surface area (Å²) < 4.78 is 5.90. The van der Waals surface area contributed by atoms with Crippen molar-refractivity contribution in [1.82, 2.24) is 9.80 Å². The zero-order valence-electron chi connectivity index (χ0n) is 13.4. The Morgan fingerprint density at radius 1 is 1.29 bits per heavy atom. The number of ether oxygens (including phenoxy) is 1. The Morgan fingerprint density at radius 2 is 2.00 bits per heavy atom. The van der Waals surface area contributed by atoms with Gasteiger partial charge in [-0.15, -0.1) is 0 Å². The number of hydrogen-bond acceptors (Lipinski definition) is 4. The molecule has 1 fully saturated rings. The smallest absolute Gasteiger partial charge is 0.123 e. The van der Waals surface area contributed by atoms with E-state index in [2.05, 4.69) is 23.8 Å². The van der Waals surface area contributed by atoms with Gasteiger partial charge in [-0.2, -0.15) is 0 Å². The van der Waals surface area contributed by atoms with Crippen LogP contribution in [-0.4, -0.2) is 55.7 Å². The standard InChI is InChI=1S/C17H29N3O/c1-3-20-10-8-16(9-11-20)19(2)12-13-21-17-7-5-4-6-15(17)14-18/h4-7,16H,3,8-14,18H2,1-2H3. The second-order valence-corrected chi connectivity index (χ2v) is 5.81. The molecule has 1 saturated heterocycles. The summed E-state index contributed by atoms with van der Waals surface area (Å²) in [6.45, 7) is 8.09. The van der Waals surface area contributed by atoms with Gasteiger partial charge < -0.3 is 15.4 Å². The SMILES string of the molecule is CCN1CCC(N(C)CCOc2ccccc2CN)CC1. The first kappa shape index (κ1) is 16.3. The van der Waals surface area contributed by atoms with E-state index in [-0.39, 0.29) is 0 Å². The molecule has 0 saturated carbocycles. The van der Waals surface area contributed by atoms with Crippen LogP contribution in [0.1, 0.15) is 25.3 Å². The fourth-order valence-electron chi connectivity index (χ4n) is 2.97. The van der Waals surface area contributed by atoms with Crippen LogP contribution in [-0.2, 0) is 6.54 Å². The number of likely N-dealkylation sites (tertiary alicyclic amines) is 1. The number of nitrogens with zero attached hydrogens (tertiary/aromatic N) is 2. The summed E-state index contributed by atoms with van der Waals surface area (Å²) in [5.41, 5.74) is 6.81. The fraction of sp³-hybridized carbons (Fsp3) is 0.647. The van der Waals surface area contributed by atoms with Gasteiger partial charge in [0.25, 0.3) is 0 Å². The van der Waals surface area contributed by atoms with Crippen molar-refractivity contribution in [1.29, 1.82) is 0 Å². The van der Waals surface area contributed by atoms with Crippen LogP contribution in [0.15, 0.2) is 24.3 Å². The van der Waals surface area contributed by atoms with Gasteiger partial charge in [0.1, 0.15) is 12.4 Å². The molecule has 1 aliphatic heterocycles. The summed E-state index contributed by atoms with van der Waals surface area (Å²) in [5.74, 6) is 0.925. The van der Waals surface area contributed by atoms with Crippen LogP contribution < -0.4 is 10.5 Å². The number of hydrogen-bond donors (Lipinski definition) is 1. The van der Waals surface area contributed by atoms with Crippen molar-refractivity contribution in [2.24, 2.45) is 5.73 Å². The van der Waals surface area contributed by atoms with Gasteiger partial charge in [-0.25, -0.2) is 0 Å². The minimum absolute atomic E-state index is 0.529. The lowest BCUT2D eigenvalue weighted by molar-refractivity contribution is 0.117. The highest BCUT2D eigenvalue weighted by atomic mass is 16.5. The van der Waals surface area contributed by atoms with Crippen molar-refractivity contribution in [2.45, 2.75) is 32.4 Å².